The van der Waals surface area contributed by atoms with Crippen LogP contribution in [0.25, 0.3) is 0 Å². The molecule has 2 amide bonds. The molecule has 0 saturated heterocycles. The fourth-order valence-electron chi connectivity index (χ4n) is 4.22. The van der Waals surface area contributed by atoms with Crippen LogP contribution in [0.1, 0.15) is 39.0 Å². The Labute approximate surface area is 188 Å². The summed E-state index contributed by atoms with van der Waals surface area (Å²) >= 11 is 0. The number of nitrogens with one attached hydrogen (secondary N) is 1. The van der Waals surface area contributed by atoms with Gasteiger partial charge in [-0.2, -0.15) is 13.2 Å². The van der Waals surface area contributed by atoms with E-state index in [0.717, 1.165) is 6.07 Å². The Morgan fingerprint density at radius 3 is 2.27 bits per heavy atom. The number of carbonyl (C=O) groups is 2. The molecule has 1 aliphatic rings. The van der Waals surface area contributed by atoms with Crippen molar-refractivity contribution >= 4 is 17.5 Å². The maximum absolute atomic E-state index is 13.5. The second kappa shape index (κ2) is 8.61. The summed E-state index contributed by atoms with van der Waals surface area (Å²) in [5, 5.41) is 2.46. The summed E-state index contributed by atoms with van der Waals surface area (Å²) in [6.45, 7) is 0. The molecule has 3 aromatic carbocycles. The zero-order valence-corrected chi connectivity index (χ0v) is 17.9. The SMILES string of the molecule is COc1ccc([C@H]2[C@H](C(=O)Nc3ccccc3C(F)(F)F)c3ccccc3C(=O)N2C)cc1. The van der Waals surface area contributed by atoms with Crippen molar-refractivity contribution in [3.05, 3.63) is 95.1 Å². The molecular weight excluding hydrogens is 433 g/mol. The van der Waals surface area contributed by atoms with Gasteiger partial charge in [-0.3, -0.25) is 9.59 Å². The summed E-state index contributed by atoms with van der Waals surface area (Å²) in [7, 11) is 3.10. The van der Waals surface area contributed by atoms with Crippen LogP contribution in [0.3, 0.4) is 0 Å². The lowest BCUT2D eigenvalue weighted by molar-refractivity contribution is -0.137. The number of rotatable bonds is 4. The van der Waals surface area contributed by atoms with Gasteiger partial charge in [0.25, 0.3) is 5.91 Å². The van der Waals surface area contributed by atoms with E-state index in [1.165, 1.54) is 30.2 Å². The molecule has 1 N–H and O–H groups in total. The first-order valence-electron chi connectivity index (χ1n) is 10.2. The number of hydrogen-bond donors (Lipinski definition) is 1. The molecule has 2 atom stereocenters. The highest BCUT2D eigenvalue weighted by Gasteiger charge is 2.43. The Kier molecular flexibility index (Phi) is 5.84. The average Bonchev–Trinajstić information content (AvgIpc) is 2.81. The maximum Gasteiger partial charge on any atom is 0.418 e. The van der Waals surface area contributed by atoms with Crippen LogP contribution in [0, 0.1) is 0 Å². The molecule has 1 heterocycles. The minimum Gasteiger partial charge on any atom is -0.497 e. The van der Waals surface area contributed by atoms with E-state index in [1.54, 1.807) is 55.6 Å². The number of likely N-dealkylation sites (N-methyl/N-ethyl adjacent to an activating group) is 1. The van der Waals surface area contributed by atoms with Gasteiger partial charge in [0.2, 0.25) is 5.91 Å². The molecule has 0 saturated carbocycles. The first kappa shape index (κ1) is 22.4. The molecule has 0 aromatic heterocycles. The van der Waals surface area contributed by atoms with Crippen molar-refractivity contribution in [2.45, 2.75) is 18.1 Å². The normalized spacial score (nSPS) is 18.0. The van der Waals surface area contributed by atoms with E-state index < -0.39 is 29.6 Å². The van der Waals surface area contributed by atoms with Gasteiger partial charge in [0.1, 0.15) is 5.75 Å². The smallest absolute Gasteiger partial charge is 0.418 e. The molecule has 0 bridgehead atoms. The van der Waals surface area contributed by atoms with Crippen LogP contribution in [0.15, 0.2) is 72.8 Å². The van der Waals surface area contributed by atoms with Crippen LogP contribution in [-0.2, 0) is 11.0 Å². The summed E-state index contributed by atoms with van der Waals surface area (Å²) in [4.78, 5) is 28.0. The molecule has 3 aromatic rings. The summed E-state index contributed by atoms with van der Waals surface area (Å²) < 4.78 is 45.7. The molecule has 5 nitrogen and oxygen atoms in total. The monoisotopic (exact) mass is 454 g/mol. The summed E-state index contributed by atoms with van der Waals surface area (Å²) in [5.41, 5.74) is 0.191. The Hall–Kier alpha value is -3.81. The molecule has 170 valence electrons. The quantitative estimate of drug-likeness (QED) is 0.585. The second-order valence-corrected chi connectivity index (χ2v) is 7.73. The molecule has 4 rings (SSSR count). The van der Waals surface area contributed by atoms with Crippen molar-refractivity contribution in [1.29, 1.82) is 0 Å². The van der Waals surface area contributed by atoms with E-state index in [0.29, 0.717) is 22.4 Å². The predicted molar refractivity (Wildman–Crippen MR) is 117 cm³/mol. The molecule has 0 fully saturated rings. The van der Waals surface area contributed by atoms with Gasteiger partial charge < -0.3 is 15.0 Å². The molecular formula is C25H21F3N2O3. The number of methoxy groups -OCH3 is 1. The summed E-state index contributed by atoms with van der Waals surface area (Å²) in [6, 6.07) is 17.7. The molecule has 1 aliphatic heterocycles. The third-order valence-corrected chi connectivity index (χ3v) is 5.81. The number of para-hydroxylation sites is 1. The Bertz CT molecular complexity index is 1190. The summed E-state index contributed by atoms with van der Waals surface area (Å²) in [6.07, 6.45) is -4.63. The number of amides is 2. The summed E-state index contributed by atoms with van der Waals surface area (Å²) in [5.74, 6) is -1.24. The number of ether oxygens (including phenoxy) is 1. The first-order chi connectivity index (χ1) is 15.7. The van der Waals surface area contributed by atoms with Gasteiger partial charge in [0.15, 0.2) is 0 Å². The molecule has 33 heavy (non-hydrogen) atoms. The number of nitrogens with zero attached hydrogens (tertiary/aromatic N) is 1. The second-order valence-electron chi connectivity index (χ2n) is 7.73. The molecule has 8 heteroatoms. The number of halogens is 3. The highest BCUT2D eigenvalue weighted by atomic mass is 19.4. The van der Waals surface area contributed by atoms with Crippen molar-refractivity contribution in [2.24, 2.45) is 0 Å². The van der Waals surface area contributed by atoms with Gasteiger partial charge in [-0.05, 0) is 41.5 Å². The van der Waals surface area contributed by atoms with E-state index >= 15 is 0 Å². The fourth-order valence-corrected chi connectivity index (χ4v) is 4.22. The average molecular weight is 454 g/mol. The van der Waals surface area contributed by atoms with Gasteiger partial charge in [0, 0.05) is 12.6 Å². The third-order valence-electron chi connectivity index (χ3n) is 5.81. The topological polar surface area (TPSA) is 58.6 Å². The number of carbonyl (C=O) groups excluding carboxylic acids is 2. The fraction of sp³-hybridized carbons (Fsp3) is 0.200. The standard InChI is InChI=1S/C25H21F3N2O3/c1-30-22(15-11-13-16(33-2)14-12-15)21(17-7-3-4-8-18(17)24(30)32)23(31)29-20-10-6-5-9-19(20)25(26,27)28/h3-14,21-22H,1-2H3,(H,29,31)/t21-,22+/m1/s1. The lowest BCUT2D eigenvalue weighted by atomic mass is 9.79. The van der Waals surface area contributed by atoms with Gasteiger partial charge >= 0.3 is 6.18 Å². The minimum absolute atomic E-state index is 0.272. The van der Waals surface area contributed by atoms with Gasteiger partial charge in [-0.25, -0.2) is 0 Å². The molecule has 0 aliphatic carbocycles. The number of benzene rings is 3. The minimum atomic E-state index is -4.63. The van der Waals surface area contributed by atoms with Crippen molar-refractivity contribution in [3.8, 4) is 5.75 Å². The van der Waals surface area contributed by atoms with Crippen LogP contribution in [0.2, 0.25) is 0 Å². The number of anilines is 1. The molecule has 0 spiro atoms. The highest BCUT2D eigenvalue weighted by Crippen LogP contribution is 2.43. The lowest BCUT2D eigenvalue weighted by Crippen LogP contribution is -2.44. The zero-order chi connectivity index (χ0) is 23.8. The van der Waals surface area contributed by atoms with E-state index in [1.807, 2.05) is 0 Å². The van der Waals surface area contributed by atoms with Crippen LogP contribution in [0.4, 0.5) is 18.9 Å². The van der Waals surface area contributed by atoms with E-state index in [9.17, 15) is 22.8 Å². The van der Waals surface area contributed by atoms with E-state index in [4.69, 9.17) is 4.74 Å². The third kappa shape index (κ3) is 4.16. The van der Waals surface area contributed by atoms with E-state index in [-0.39, 0.29) is 11.6 Å². The Morgan fingerprint density at radius 1 is 0.970 bits per heavy atom. The van der Waals surface area contributed by atoms with Crippen molar-refractivity contribution < 1.29 is 27.5 Å². The number of alkyl halides is 3. The maximum atomic E-state index is 13.5. The van der Waals surface area contributed by atoms with Crippen molar-refractivity contribution in [1.82, 2.24) is 4.90 Å². The predicted octanol–water partition coefficient (Wildman–Crippen LogP) is 5.26. The number of hydrogen-bond acceptors (Lipinski definition) is 3. The van der Waals surface area contributed by atoms with Crippen LogP contribution < -0.4 is 10.1 Å². The highest BCUT2D eigenvalue weighted by molar-refractivity contribution is 6.04. The Morgan fingerprint density at radius 2 is 1.61 bits per heavy atom. The van der Waals surface area contributed by atoms with Crippen LogP contribution in [-0.4, -0.2) is 30.9 Å². The molecule has 0 unspecified atom stereocenters. The van der Waals surface area contributed by atoms with Gasteiger partial charge in [0.05, 0.1) is 30.3 Å². The number of fused-ring (bicyclic) bond motifs is 1. The van der Waals surface area contributed by atoms with Crippen LogP contribution >= 0.6 is 0 Å². The van der Waals surface area contributed by atoms with Gasteiger partial charge in [-0.1, -0.05) is 42.5 Å². The van der Waals surface area contributed by atoms with E-state index in [2.05, 4.69) is 5.32 Å². The zero-order valence-electron chi connectivity index (χ0n) is 17.9. The van der Waals surface area contributed by atoms with Crippen molar-refractivity contribution in [3.63, 3.8) is 0 Å². The molecule has 0 radical (unpaired) electrons. The Balaban J connectivity index is 1.81. The largest absolute Gasteiger partial charge is 0.497 e. The lowest BCUT2D eigenvalue weighted by Gasteiger charge is -2.39. The van der Waals surface area contributed by atoms with Crippen molar-refractivity contribution in [2.75, 3.05) is 19.5 Å². The van der Waals surface area contributed by atoms with Gasteiger partial charge in [-0.15, -0.1) is 0 Å². The first-order valence-corrected chi connectivity index (χ1v) is 10.2. The van der Waals surface area contributed by atoms with Crippen LogP contribution in [0.5, 0.6) is 5.75 Å².